The van der Waals surface area contributed by atoms with Gasteiger partial charge in [0, 0.05) is 26.7 Å². The number of rotatable bonds is 4. The third-order valence-electron chi connectivity index (χ3n) is 7.70. The van der Waals surface area contributed by atoms with Crippen LogP contribution >= 0.6 is 11.3 Å². The standard InChI is InChI=1S/C36H28N2S/c1-23-10-9-11-24(2)35(23)27-16-18-30-31(22-39-34(30)21-27)36-37-32-14-7-8-15-33(32)38(36)28-17-19-29(25(3)20-28)26-12-5-4-6-13-26/h4-22H,1-3H3. The van der Waals surface area contributed by atoms with Crippen LogP contribution in [0.2, 0.25) is 0 Å². The summed E-state index contributed by atoms with van der Waals surface area (Å²) in [4.78, 5) is 5.17. The molecule has 5 aromatic carbocycles. The minimum Gasteiger partial charge on any atom is -0.292 e. The van der Waals surface area contributed by atoms with E-state index in [0.29, 0.717) is 0 Å². The summed E-state index contributed by atoms with van der Waals surface area (Å²) in [5, 5.41) is 3.51. The molecule has 7 rings (SSSR count). The Hall–Kier alpha value is -4.47. The van der Waals surface area contributed by atoms with Gasteiger partial charge in [0.25, 0.3) is 0 Å². The van der Waals surface area contributed by atoms with Gasteiger partial charge in [0.05, 0.1) is 11.0 Å². The summed E-state index contributed by atoms with van der Waals surface area (Å²) >= 11 is 1.79. The zero-order valence-corrected chi connectivity index (χ0v) is 23.1. The molecule has 0 fully saturated rings. The highest BCUT2D eigenvalue weighted by atomic mass is 32.1. The summed E-state index contributed by atoms with van der Waals surface area (Å²) in [6.07, 6.45) is 0. The molecule has 0 unspecified atom stereocenters. The Morgan fingerprint density at radius 1 is 0.615 bits per heavy atom. The molecule has 2 heterocycles. The Morgan fingerprint density at radius 2 is 1.38 bits per heavy atom. The third kappa shape index (κ3) is 3.98. The van der Waals surface area contributed by atoms with Gasteiger partial charge in [-0.15, -0.1) is 11.3 Å². The molecule has 2 aromatic heterocycles. The Balaban J connectivity index is 1.40. The number of fused-ring (bicyclic) bond motifs is 2. The maximum Gasteiger partial charge on any atom is 0.147 e. The van der Waals surface area contributed by atoms with Crippen LogP contribution in [0, 0.1) is 20.8 Å². The molecule has 0 saturated carbocycles. The number of aromatic nitrogens is 2. The maximum atomic E-state index is 5.17. The fourth-order valence-electron chi connectivity index (χ4n) is 5.82. The number of benzene rings is 5. The number of imidazole rings is 1. The van der Waals surface area contributed by atoms with E-state index in [1.807, 2.05) is 0 Å². The van der Waals surface area contributed by atoms with Gasteiger partial charge in [0.15, 0.2) is 0 Å². The molecule has 188 valence electrons. The summed E-state index contributed by atoms with van der Waals surface area (Å²) < 4.78 is 3.59. The molecule has 0 aliphatic heterocycles. The molecule has 3 heteroatoms. The van der Waals surface area contributed by atoms with Gasteiger partial charge in [-0.05, 0) is 90.0 Å². The first-order chi connectivity index (χ1) is 19.1. The molecule has 0 saturated heterocycles. The van der Waals surface area contributed by atoms with E-state index in [4.69, 9.17) is 4.98 Å². The van der Waals surface area contributed by atoms with Crippen molar-refractivity contribution >= 4 is 32.5 Å². The monoisotopic (exact) mass is 520 g/mol. The first kappa shape index (κ1) is 23.6. The number of hydrogen-bond donors (Lipinski definition) is 0. The van der Waals surface area contributed by atoms with E-state index in [-0.39, 0.29) is 0 Å². The van der Waals surface area contributed by atoms with Crippen LogP contribution in [0.3, 0.4) is 0 Å². The van der Waals surface area contributed by atoms with Crippen molar-refractivity contribution < 1.29 is 0 Å². The van der Waals surface area contributed by atoms with Gasteiger partial charge in [0.2, 0.25) is 0 Å². The minimum atomic E-state index is 0.981. The van der Waals surface area contributed by atoms with Crippen LogP contribution in [0.4, 0.5) is 0 Å². The third-order valence-corrected chi connectivity index (χ3v) is 8.65. The van der Waals surface area contributed by atoms with Crippen molar-refractivity contribution in [3.63, 3.8) is 0 Å². The molecule has 2 nitrogen and oxygen atoms in total. The number of aryl methyl sites for hydroxylation is 3. The maximum absolute atomic E-state index is 5.17. The molecule has 39 heavy (non-hydrogen) atoms. The second-order valence-corrected chi connectivity index (χ2v) is 11.2. The van der Waals surface area contributed by atoms with E-state index in [9.17, 15) is 0 Å². The lowest BCUT2D eigenvalue weighted by Gasteiger charge is -2.13. The van der Waals surface area contributed by atoms with Gasteiger partial charge in [-0.2, -0.15) is 0 Å². The molecule has 0 amide bonds. The van der Waals surface area contributed by atoms with E-state index < -0.39 is 0 Å². The van der Waals surface area contributed by atoms with Crippen LogP contribution in [0.25, 0.3) is 60.4 Å². The molecule has 0 N–H and O–H groups in total. The van der Waals surface area contributed by atoms with Crippen LogP contribution < -0.4 is 0 Å². The van der Waals surface area contributed by atoms with Crippen LogP contribution in [-0.2, 0) is 0 Å². The fraction of sp³-hybridized carbons (Fsp3) is 0.0833. The highest BCUT2D eigenvalue weighted by Crippen LogP contribution is 2.40. The van der Waals surface area contributed by atoms with Crippen molar-refractivity contribution in [2.24, 2.45) is 0 Å². The fourth-order valence-corrected chi connectivity index (χ4v) is 6.80. The summed E-state index contributed by atoms with van der Waals surface area (Å²) in [6.45, 7) is 6.58. The van der Waals surface area contributed by atoms with Crippen LogP contribution in [0.1, 0.15) is 16.7 Å². The quantitative estimate of drug-likeness (QED) is 0.226. The second-order valence-electron chi connectivity index (χ2n) is 10.3. The largest absolute Gasteiger partial charge is 0.292 e. The molecule has 0 aliphatic rings. The summed E-state index contributed by atoms with van der Waals surface area (Å²) in [5.74, 6) is 0.981. The molecular formula is C36H28N2S. The minimum absolute atomic E-state index is 0.981. The van der Waals surface area contributed by atoms with Crippen molar-refractivity contribution in [2.45, 2.75) is 20.8 Å². The Morgan fingerprint density at radius 3 is 2.18 bits per heavy atom. The molecule has 0 aliphatic carbocycles. The van der Waals surface area contributed by atoms with Crippen molar-refractivity contribution in [3.05, 3.63) is 131 Å². The van der Waals surface area contributed by atoms with Gasteiger partial charge in [-0.3, -0.25) is 4.57 Å². The molecule has 0 radical (unpaired) electrons. The van der Waals surface area contributed by atoms with Gasteiger partial charge < -0.3 is 0 Å². The average Bonchev–Trinajstić information content (AvgIpc) is 3.54. The number of para-hydroxylation sites is 2. The molecule has 0 bridgehead atoms. The Kier molecular flexibility index (Phi) is 5.68. The first-order valence-electron chi connectivity index (χ1n) is 13.3. The van der Waals surface area contributed by atoms with Gasteiger partial charge in [0.1, 0.15) is 5.82 Å². The number of thiophene rings is 1. The van der Waals surface area contributed by atoms with Gasteiger partial charge in [-0.1, -0.05) is 78.9 Å². The average molecular weight is 521 g/mol. The van der Waals surface area contributed by atoms with Gasteiger partial charge in [-0.25, -0.2) is 4.98 Å². The van der Waals surface area contributed by atoms with Crippen molar-refractivity contribution in [2.75, 3.05) is 0 Å². The first-order valence-corrected chi connectivity index (χ1v) is 14.2. The van der Waals surface area contributed by atoms with Crippen molar-refractivity contribution in [1.82, 2.24) is 9.55 Å². The lowest BCUT2D eigenvalue weighted by atomic mass is 9.95. The van der Waals surface area contributed by atoms with Crippen molar-refractivity contribution in [1.29, 1.82) is 0 Å². The summed E-state index contributed by atoms with van der Waals surface area (Å²) in [7, 11) is 0. The highest BCUT2D eigenvalue weighted by Gasteiger charge is 2.19. The lowest BCUT2D eigenvalue weighted by molar-refractivity contribution is 1.10. The number of nitrogens with zero attached hydrogens (tertiary/aromatic N) is 2. The highest BCUT2D eigenvalue weighted by molar-refractivity contribution is 7.17. The van der Waals surface area contributed by atoms with Crippen LogP contribution in [-0.4, -0.2) is 9.55 Å². The Bertz CT molecular complexity index is 1970. The van der Waals surface area contributed by atoms with Crippen molar-refractivity contribution in [3.8, 4) is 39.3 Å². The molecule has 0 spiro atoms. The van der Waals surface area contributed by atoms with E-state index >= 15 is 0 Å². The van der Waals surface area contributed by atoms with E-state index in [0.717, 1.165) is 22.5 Å². The zero-order chi connectivity index (χ0) is 26.5. The van der Waals surface area contributed by atoms with E-state index in [2.05, 4.69) is 140 Å². The Labute approximate surface area is 232 Å². The van der Waals surface area contributed by atoms with E-state index in [1.165, 1.54) is 54.6 Å². The predicted molar refractivity (Wildman–Crippen MR) is 167 cm³/mol. The SMILES string of the molecule is Cc1cc(-n2c(-c3csc4cc(-c5c(C)cccc5C)ccc34)nc3ccccc32)ccc1-c1ccccc1. The lowest BCUT2D eigenvalue weighted by Crippen LogP contribution is -1.98. The van der Waals surface area contributed by atoms with Crippen LogP contribution in [0.5, 0.6) is 0 Å². The molecule has 7 aromatic rings. The second kappa shape index (κ2) is 9.37. The normalized spacial score (nSPS) is 11.5. The number of hydrogen-bond acceptors (Lipinski definition) is 2. The molecular weight excluding hydrogens is 492 g/mol. The molecule has 0 atom stereocenters. The predicted octanol–water partition coefficient (Wildman–Crippen LogP) is 10.2. The van der Waals surface area contributed by atoms with E-state index in [1.54, 1.807) is 11.3 Å². The van der Waals surface area contributed by atoms with Gasteiger partial charge >= 0.3 is 0 Å². The van der Waals surface area contributed by atoms with Crippen LogP contribution in [0.15, 0.2) is 115 Å². The summed E-state index contributed by atoms with van der Waals surface area (Å²) in [6, 6.07) is 39.2. The topological polar surface area (TPSA) is 17.8 Å². The zero-order valence-electron chi connectivity index (χ0n) is 22.3. The smallest absolute Gasteiger partial charge is 0.147 e. The summed E-state index contributed by atoms with van der Waals surface area (Å²) in [5.41, 5.74) is 13.4.